The second-order valence-electron chi connectivity index (χ2n) is 4.47. The van der Waals surface area contributed by atoms with E-state index in [2.05, 4.69) is 39.7 Å². The van der Waals surface area contributed by atoms with Crippen LogP contribution >= 0.6 is 35.3 Å². The van der Waals surface area contributed by atoms with E-state index in [1.165, 1.54) is 0 Å². The Kier molecular flexibility index (Phi) is 8.29. The standard InChI is InChI=1S/C15H20N4S.HI/c1-2-3-9-17-15(16)18-10-14-19-13(11-20-14)12-7-5-4-6-8-12;/h4-8,11H,2-3,9-10H2,1H3,(H3,16,17,18);1H. The summed E-state index contributed by atoms with van der Waals surface area (Å²) >= 11 is 1.61. The molecule has 0 unspecified atom stereocenters. The van der Waals surface area contributed by atoms with Crippen LogP contribution in [0.1, 0.15) is 24.8 Å². The van der Waals surface area contributed by atoms with Gasteiger partial charge in [-0.05, 0) is 6.42 Å². The minimum Gasteiger partial charge on any atom is -0.370 e. The predicted octanol–water partition coefficient (Wildman–Crippen LogP) is 3.63. The van der Waals surface area contributed by atoms with Gasteiger partial charge in [0.05, 0.1) is 12.2 Å². The van der Waals surface area contributed by atoms with Crippen molar-refractivity contribution >= 4 is 41.3 Å². The third kappa shape index (κ3) is 6.01. The molecule has 1 heterocycles. The van der Waals surface area contributed by atoms with E-state index >= 15 is 0 Å². The maximum Gasteiger partial charge on any atom is 0.189 e. The highest BCUT2D eigenvalue weighted by Crippen LogP contribution is 2.21. The summed E-state index contributed by atoms with van der Waals surface area (Å²) < 4.78 is 0. The number of halogens is 1. The Morgan fingerprint density at radius 2 is 2.10 bits per heavy atom. The van der Waals surface area contributed by atoms with Crippen LogP contribution in [0.3, 0.4) is 0 Å². The summed E-state index contributed by atoms with van der Waals surface area (Å²) in [5, 5.41) is 6.13. The Hall–Kier alpha value is -1.15. The molecule has 0 spiro atoms. The minimum atomic E-state index is 0. The maximum atomic E-state index is 5.80. The van der Waals surface area contributed by atoms with Gasteiger partial charge in [-0.3, -0.25) is 0 Å². The highest BCUT2D eigenvalue weighted by molar-refractivity contribution is 14.0. The molecule has 6 heteroatoms. The third-order valence-corrected chi connectivity index (χ3v) is 3.68. The van der Waals surface area contributed by atoms with Crippen LogP contribution in [0.2, 0.25) is 0 Å². The summed E-state index contributed by atoms with van der Waals surface area (Å²) in [6, 6.07) is 10.2. The molecule has 21 heavy (non-hydrogen) atoms. The molecular formula is C15H21IN4S. The average Bonchev–Trinajstić information content (AvgIpc) is 2.95. The first-order valence-electron chi connectivity index (χ1n) is 6.83. The summed E-state index contributed by atoms with van der Waals surface area (Å²) in [5.74, 6) is 0.495. The molecule has 3 N–H and O–H groups in total. The SMILES string of the molecule is CCCCNC(N)=NCc1nc(-c2ccccc2)cs1.I. The molecule has 0 saturated heterocycles. The lowest BCUT2D eigenvalue weighted by atomic mass is 10.2. The smallest absolute Gasteiger partial charge is 0.189 e. The van der Waals surface area contributed by atoms with Gasteiger partial charge in [0.25, 0.3) is 0 Å². The predicted molar refractivity (Wildman–Crippen MR) is 101 cm³/mol. The van der Waals surface area contributed by atoms with Crippen LogP contribution in [0.15, 0.2) is 40.7 Å². The van der Waals surface area contributed by atoms with Crippen molar-refractivity contribution in [3.63, 3.8) is 0 Å². The van der Waals surface area contributed by atoms with Crippen molar-refractivity contribution in [1.82, 2.24) is 10.3 Å². The van der Waals surface area contributed by atoms with Crippen molar-refractivity contribution in [3.8, 4) is 11.3 Å². The largest absolute Gasteiger partial charge is 0.370 e. The fourth-order valence-corrected chi connectivity index (χ4v) is 2.45. The molecular weight excluding hydrogens is 395 g/mol. The van der Waals surface area contributed by atoms with Crippen LogP contribution in [0.5, 0.6) is 0 Å². The number of benzene rings is 1. The molecule has 114 valence electrons. The third-order valence-electron chi connectivity index (χ3n) is 2.84. The lowest BCUT2D eigenvalue weighted by Crippen LogP contribution is -2.32. The highest BCUT2D eigenvalue weighted by Gasteiger charge is 2.03. The maximum absolute atomic E-state index is 5.80. The molecule has 0 aliphatic heterocycles. The molecule has 0 saturated carbocycles. The number of aliphatic imine (C=N–C) groups is 1. The molecule has 1 aromatic carbocycles. The van der Waals surface area contributed by atoms with E-state index in [0.717, 1.165) is 35.7 Å². The number of rotatable bonds is 6. The van der Waals surface area contributed by atoms with Crippen LogP contribution in [-0.4, -0.2) is 17.5 Å². The van der Waals surface area contributed by atoms with Crippen LogP contribution in [-0.2, 0) is 6.54 Å². The summed E-state index contributed by atoms with van der Waals surface area (Å²) in [6.07, 6.45) is 2.25. The fourth-order valence-electron chi connectivity index (χ4n) is 1.73. The molecule has 0 amide bonds. The number of nitrogens with one attached hydrogen (secondary N) is 1. The van der Waals surface area contributed by atoms with E-state index in [1.54, 1.807) is 11.3 Å². The molecule has 1 aromatic heterocycles. The Bertz CT molecular complexity index is 554. The summed E-state index contributed by atoms with van der Waals surface area (Å²) in [4.78, 5) is 8.88. The number of guanidine groups is 1. The molecule has 4 nitrogen and oxygen atoms in total. The number of nitrogens with two attached hydrogens (primary N) is 1. The highest BCUT2D eigenvalue weighted by atomic mass is 127. The van der Waals surface area contributed by atoms with Crippen LogP contribution < -0.4 is 11.1 Å². The van der Waals surface area contributed by atoms with Gasteiger partial charge in [-0.25, -0.2) is 9.98 Å². The number of unbranched alkanes of at least 4 members (excludes halogenated alkanes) is 1. The Morgan fingerprint density at radius 3 is 2.81 bits per heavy atom. The molecule has 0 fully saturated rings. The molecule has 0 atom stereocenters. The van der Waals surface area contributed by atoms with Crippen LogP contribution in [0, 0.1) is 0 Å². The Labute approximate surface area is 146 Å². The van der Waals surface area contributed by atoms with E-state index < -0.39 is 0 Å². The molecule has 0 radical (unpaired) electrons. The van der Waals surface area contributed by atoms with E-state index in [1.807, 2.05) is 18.2 Å². The first-order chi connectivity index (χ1) is 9.79. The van der Waals surface area contributed by atoms with Crippen molar-refractivity contribution < 1.29 is 0 Å². The van der Waals surface area contributed by atoms with Gasteiger partial charge in [0.2, 0.25) is 0 Å². The Morgan fingerprint density at radius 1 is 1.33 bits per heavy atom. The van der Waals surface area contributed by atoms with Crippen molar-refractivity contribution in [3.05, 3.63) is 40.7 Å². The van der Waals surface area contributed by atoms with E-state index in [0.29, 0.717) is 12.5 Å². The van der Waals surface area contributed by atoms with E-state index in [-0.39, 0.29) is 24.0 Å². The van der Waals surface area contributed by atoms with E-state index in [4.69, 9.17) is 5.73 Å². The Balaban J connectivity index is 0.00000220. The van der Waals surface area contributed by atoms with Crippen molar-refractivity contribution in [2.75, 3.05) is 6.54 Å². The topological polar surface area (TPSA) is 63.3 Å². The van der Waals surface area contributed by atoms with E-state index in [9.17, 15) is 0 Å². The number of thiazole rings is 1. The van der Waals surface area contributed by atoms with Crippen LogP contribution in [0.4, 0.5) is 0 Å². The van der Waals surface area contributed by atoms with Crippen molar-refractivity contribution in [2.24, 2.45) is 10.7 Å². The van der Waals surface area contributed by atoms with Gasteiger partial charge in [0, 0.05) is 17.5 Å². The molecule has 0 aliphatic carbocycles. The van der Waals surface area contributed by atoms with Crippen molar-refractivity contribution in [1.29, 1.82) is 0 Å². The second kappa shape index (κ2) is 9.73. The van der Waals surface area contributed by atoms with Gasteiger partial charge in [0.15, 0.2) is 5.96 Å². The van der Waals surface area contributed by atoms with Gasteiger partial charge in [0.1, 0.15) is 5.01 Å². The molecule has 0 bridgehead atoms. The fraction of sp³-hybridized carbons (Fsp3) is 0.333. The number of aromatic nitrogens is 1. The first kappa shape index (κ1) is 17.9. The number of nitrogens with zero attached hydrogens (tertiary/aromatic N) is 2. The monoisotopic (exact) mass is 416 g/mol. The lowest BCUT2D eigenvalue weighted by molar-refractivity contribution is 0.748. The minimum absolute atomic E-state index is 0. The molecule has 2 rings (SSSR count). The van der Waals surface area contributed by atoms with Crippen LogP contribution in [0.25, 0.3) is 11.3 Å². The normalized spacial score (nSPS) is 11.0. The van der Waals surface area contributed by atoms with Gasteiger partial charge in [-0.1, -0.05) is 43.7 Å². The van der Waals surface area contributed by atoms with Gasteiger partial charge in [-0.2, -0.15) is 0 Å². The van der Waals surface area contributed by atoms with Crippen molar-refractivity contribution in [2.45, 2.75) is 26.3 Å². The van der Waals surface area contributed by atoms with Gasteiger partial charge < -0.3 is 11.1 Å². The molecule has 0 aliphatic rings. The number of hydrogen-bond donors (Lipinski definition) is 2. The van der Waals surface area contributed by atoms with Gasteiger partial charge in [-0.15, -0.1) is 35.3 Å². The zero-order chi connectivity index (χ0) is 14.2. The van der Waals surface area contributed by atoms with Gasteiger partial charge >= 0.3 is 0 Å². The lowest BCUT2D eigenvalue weighted by Gasteiger charge is -2.03. The zero-order valence-corrected chi connectivity index (χ0v) is 15.2. The first-order valence-corrected chi connectivity index (χ1v) is 7.71. The summed E-state index contributed by atoms with van der Waals surface area (Å²) in [6.45, 7) is 3.55. The molecule has 2 aromatic rings. The zero-order valence-electron chi connectivity index (χ0n) is 12.1. The number of hydrogen-bond acceptors (Lipinski definition) is 3. The summed E-state index contributed by atoms with van der Waals surface area (Å²) in [7, 11) is 0. The average molecular weight is 416 g/mol. The summed E-state index contributed by atoms with van der Waals surface area (Å²) in [5.41, 5.74) is 7.93. The second-order valence-corrected chi connectivity index (χ2v) is 5.42. The quantitative estimate of drug-likeness (QED) is 0.327.